The van der Waals surface area contributed by atoms with Crippen molar-refractivity contribution in [2.75, 3.05) is 11.9 Å². The molecule has 4 nitrogen and oxygen atoms in total. The van der Waals surface area contributed by atoms with E-state index >= 15 is 0 Å². The van der Waals surface area contributed by atoms with E-state index in [1.807, 2.05) is 0 Å². The van der Waals surface area contributed by atoms with E-state index in [9.17, 15) is 10.1 Å². The summed E-state index contributed by atoms with van der Waals surface area (Å²) in [7, 11) is 0. The predicted octanol–water partition coefficient (Wildman–Crippen LogP) is 4.98. The number of anilines is 1. The van der Waals surface area contributed by atoms with E-state index in [1.54, 1.807) is 11.3 Å². The van der Waals surface area contributed by atoms with Gasteiger partial charge in [0.1, 0.15) is 11.1 Å². The maximum absolute atomic E-state index is 12.8. The zero-order valence-electron chi connectivity index (χ0n) is 16.7. The van der Waals surface area contributed by atoms with Crippen LogP contribution < -0.4 is 5.32 Å². The van der Waals surface area contributed by atoms with Crippen LogP contribution in [-0.2, 0) is 24.1 Å². The number of rotatable bonds is 6. The highest BCUT2D eigenvalue weighted by molar-refractivity contribution is 7.16. The Morgan fingerprint density at radius 3 is 2.83 bits per heavy atom. The number of carbonyl (C=O) groups excluding carboxylic acids is 1. The van der Waals surface area contributed by atoms with Crippen LogP contribution in [0.3, 0.4) is 0 Å². The number of aryl methyl sites for hydroxylation is 2. The Balaban J connectivity index is 1.26. The fraction of sp³-hybridized carbons (Fsp3) is 0.500. The number of nitrogens with one attached hydrogen (secondary N) is 1. The van der Waals surface area contributed by atoms with Gasteiger partial charge in [-0.3, -0.25) is 9.69 Å². The summed E-state index contributed by atoms with van der Waals surface area (Å²) in [5.74, 6) is 0.0389. The zero-order chi connectivity index (χ0) is 19.8. The molecular formula is C24H27N3OS. The number of amides is 1. The van der Waals surface area contributed by atoms with Gasteiger partial charge in [-0.2, -0.15) is 5.26 Å². The molecule has 5 heteroatoms. The molecule has 3 aliphatic carbocycles. The van der Waals surface area contributed by atoms with Gasteiger partial charge in [-0.05, 0) is 68.1 Å². The lowest BCUT2D eigenvalue weighted by Crippen LogP contribution is -2.33. The smallest absolute Gasteiger partial charge is 0.226 e. The molecule has 150 valence electrons. The SMILES string of the molecule is N#Cc1c(NC(=O)CCN(C2CC2)C2CCc3ccccc32)sc2c1CCCC2. The van der Waals surface area contributed by atoms with Gasteiger partial charge in [0.15, 0.2) is 0 Å². The normalized spacial score (nSPS) is 20.2. The number of nitrogens with zero attached hydrogens (tertiary/aromatic N) is 2. The Morgan fingerprint density at radius 1 is 1.17 bits per heavy atom. The average Bonchev–Trinajstić information content (AvgIpc) is 3.39. The number of nitriles is 1. The zero-order valence-corrected chi connectivity index (χ0v) is 17.6. The van der Waals surface area contributed by atoms with Crippen LogP contribution in [0.25, 0.3) is 0 Å². The summed E-state index contributed by atoms with van der Waals surface area (Å²) >= 11 is 1.62. The summed E-state index contributed by atoms with van der Waals surface area (Å²) in [6.45, 7) is 0.794. The number of fused-ring (bicyclic) bond motifs is 2. The number of thiophene rings is 1. The van der Waals surface area contributed by atoms with Gasteiger partial charge < -0.3 is 5.32 Å². The predicted molar refractivity (Wildman–Crippen MR) is 116 cm³/mol. The molecule has 1 amide bonds. The minimum atomic E-state index is 0.0389. The lowest BCUT2D eigenvalue weighted by molar-refractivity contribution is -0.116. The third kappa shape index (κ3) is 3.72. The van der Waals surface area contributed by atoms with Crippen molar-refractivity contribution in [2.24, 2.45) is 0 Å². The monoisotopic (exact) mass is 405 g/mol. The topological polar surface area (TPSA) is 56.1 Å². The number of hydrogen-bond acceptors (Lipinski definition) is 4. The molecule has 0 radical (unpaired) electrons. The van der Waals surface area contributed by atoms with Gasteiger partial charge in [0.05, 0.1) is 5.56 Å². The van der Waals surface area contributed by atoms with Crippen LogP contribution in [0.1, 0.15) is 71.7 Å². The van der Waals surface area contributed by atoms with Crippen molar-refractivity contribution in [1.82, 2.24) is 4.90 Å². The summed E-state index contributed by atoms with van der Waals surface area (Å²) in [6, 6.07) is 12.2. The first-order chi connectivity index (χ1) is 14.2. The molecule has 5 rings (SSSR count). The number of benzene rings is 1. The number of hydrogen-bond donors (Lipinski definition) is 1. The molecular weight excluding hydrogens is 378 g/mol. The van der Waals surface area contributed by atoms with Crippen molar-refractivity contribution in [3.8, 4) is 6.07 Å². The van der Waals surface area contributed by atoms with E-state index in [4.69, 9.17) is 0 Å². The lowest BCUT2D eigenvalue weighted by Gasteiger charge is -2.29. The highest BCUT2D eigenvalue weighted by Gasteiger charge is 2.37. The summed E-state index contributed by atoms with van der Waals surface area (Å²) in [4.78, 5) is 16.6. The third-order valence-electron chi connectivity index (χ3n) is 6.65. The van der Waals surface area contributed by atoms with Gasteiger partial charge in [-0.25, -0.2) is 0 Å². The molecule has 1 aromatic heterocycles. The van der Waals surface area contributed by atoms with Crippen molar-refractivity contribution < 1.29 is 4.79 Å². The molecule has 1 unspecified atom stereocenters. The Kier molecular flexibility index (Phi) is 5.15. The minimum absolute atomic E-state index is 0.0389. The molecule has 0 bridgehead atoms. The van der Waals surface area contributed by atoms with Gasteiger partial charge in [0.2, 0.25) is 5.91 Å². The van der Waals surface area contributed by atoms with Crippen LogP contribution >= 0.6 is 11.3 Å². The Hall–Kier alpha value is -2.16. The molecule has 0 aliphatic heterocycles. The van der Waals surface area contributed by atoms with Crippen LogP contribution in [0.4, 0.5) is 5.00 Å². The minimum Gasteiger partial charge on any atom is -0.317 e. The van der Waals surface area contributed by atoms with Gasteiger partial charge in [-0.1, -0.05) is 24.3 Å². The average molecular weight is 406 g/mol. The maximum atomic E-state index is 12.8. The molecule has 1 aromatic carbocycles. The molecule has 0 spiro atoms. The molecule has 3 aliphatic rings. The molecule has 1 atom stereocenters. The molecule has 1 heterocycles. The van der Waals surface area contributed by atoms with Crippen molar-refractivity contribution in [3.05, 3.63) is 51.4 Å². The Bertz CT molecular complexity index is 969. The molecule has 1 saturated carbocycles. The van der Waals surface area contributed by atoms with Crippen molar-refractivity contribution >= 4 is 22.2 Å². The molecule has 29 heavy (non-hydrogen) atoms. The van der Waals surface area contributed by atoms with Gasteiger partial charge in [0.25, 0.3) is 0 Å². The van der Waals surface area contributed by atoms with Crippen LogP contribution in [0.5, 0.6) is 0 Å². The van der Waals surface area contributed by atoms with E-state index in [1.165, 1.54) is 40.8 Å². The second kappa shape index (κ2) is 7.93. The highest BCUT2D eigenvalue weighted by Crippen LogP contribution is 2.42. The van der Waals surface area contributed by atoms with Crippen LogP contribution in [0, 0.1) is 11.3 Å². The first kappa shape index (κ1) is 18.8. The van der Waals surface area contributed by atoms with Gasteiger partial charge in [0, 0.05) is 29.9 Å². The molecule has 1 N–H and O–H groups in total. The van der Waals surface area contributed by atoms with Crippen molar-refractivity contribution in [2.45, 2.75) is 69.9 Å². The molecule has 1 fully saturated rings. The first-order valence-corrected chi connectivity index (χ1v) is 11.7. The summed E-state index contributed by atoms with van der Waals surface area (Å²) in [5, 5.41) is 13.5. The summed E-state index contributed by atoms with van der Waals surface area (Å²) < 4.78 is 0. The van der Waals surface area contributed by atoms with Gasteiger partial charge >= 0.3 is 0 Å². The fourth-order valence-corrected chi connectivity index (χ4v) is 6.33. The summed E-state index contributed by atoms with van der Waals surface area (Å²) in [6.07, 6.45) is 9.63. The summed E-state index contributed by atoms with van der Waals surface area (Å²) in [5.41, 5.74) is 4.82. The van der Waals surface area contributed by atoms with Gasteiger partial charge in [-0.15, -0.1) is 11.3 Å². The largest absolute Gasteiger partial charge is 0.317 e. The maximum Gasteiger partial charge on any atom is 0.226 e. The first-order valence-electron chi connectivity index (χ1n) is 10.9. The molecule has 2 aromatic rings. The Morgan fingerprint density at radius 2 is 2.00 bits per heavy atom. The van der Waals surface area contributed by atoms with Crippen LogP contribution in [-0.4, -0.2) is 23.4 Å². The third-order valence-corrected chi connectivity index (χ3v) is 7.86. The lowest BCUT2D eigenvalue weighted by atomic mass is 9.96. The van der Waals surface area contributed by atoms with E-state index in [0.717, 1.165) is 43.6 Å². The van der Waals surface area contributed by atoms with Crippen LogP contribution in [0.2, 0.25) is 0 Å². The van der Waals surface area contributed by atoms with Crippen LogP contribution in [0.15, 0.2) is 24.3 Å². The standard InChI is InChI=1S/C24H27N3OS/c25-15-20-19-7-3-4-8-22(19)29-24(20)26-23(28)13-14-27(17-10-11-17)21-12-9-16-5-1-2-6-18(16)21/h1-2,5-6,17,21H,3-4,7-14H2,(H,26,28). The van der Waals surface area contributed by atoms with E-state index < -0.39 is 0 Å². The molecule has 0 saturated heterocycles. The van der Waals surface area contributed by atoms with E-state index in [0.29, 0.717) is 24.1 Å². The highest BCUT2D eigenvalue weighted by atomic mass is 32.1. The van der Waals surface area contributed by atoms with E-state index in [2.05, 4.69) is 40.6 Å². The second-order valence-electron chi connectivity index (χ2n) is 8.55. The van der Waals surface area contributed by atoms with E-state index in [-0.39, 0.29) is 5.91 Å². The van der Waals surface area contributed by atoms with Crippen molar-refractivity contribution in [1.29, 1.82) is 5.26 Å². The Labute approximate surface area is 176 Å². The second-order valence-corrected chi connectivity index (χ2v) is 9.65. The quantitative estimate of drug-likeness (QED) is 0.737. The van der Waals surface area contributed by atoms with Crippen molar-refractivity contribution in [3.63, 3.8) is 0 Å². The number of carbonyl (C=O) groups is 1. The fourth-order valence-electron chi connectivity index (χ4n) is 5.07.